The highest BCUT2D eigenvalue weighted by Gasteiger charge is 2.30. The van der Waals surface area contributed by atoms with Crippen molar-refractivity contribution in [1.29, 1.82) is 0 Å². The second kappa shape index (κ2) is 6.84. The van der Waals surface area contributed by atoms with Gasteiger partial charge in [0.25, 0.3) is 0 Å². The van der Waals surface area contributed by atoms with Gasteiger partial charge in [-0.15, -0.1) is 10.2 Å². The number of hydrogen-bond donors (Lipinski definition) is 0. The molecule has 0 bridgehead atoms. The maximum Gasteiger partial charge on any atom is 0.146 e. The minimum atomic E-state index is -0.169. The van der Waals surface area contributed by atoms with E-state index in [0.717, 1.165) is 44.2 Å². The molecule has 1 unspecified atom stereocenters. The predicted octanol–water partition coefficient (Wildman–Crippen LogP) is 2.54. The monoisotopic (exact) mass is 343 g/mol. The molecule has 1 atom stereocenters. The molecule has 134 valence electrons. The quantitative estimate of drug-likeness (QED) is 0.808. The molecule has 1 saturated carbocycles. The van der Waals surface area contributed by atoms with E-state index in [4.69, 9.17) is 0 Å². The lowest BCUT2D eigenvalue weighted by atomic mass is 10.2. The first-order chi connectivity index (χ1) is 12.1. The smallest absolute Gasteiger partial charge is 0.146 e. The fourth-order valence-electron chi connectivity index (χ4n) is 3.73. The Morgan fingerprint density at radius 2 is 1.92 bits per heavy atom. The van der Waals surface area contributed by atoms with Gasteiger partial charge in [0.05, 0.1) is 6.54 Å². The van der Waals surface area contributed by atoms with Crippen LogP contribution in [0.3, 0.4) is 0 Å². The van der Waals surface area contributed by atoms with Crippen LogP contribution in [0.1, 0.15) is 42.4 Å². The van der Waals surface area contributed by atoms with Crippen LogP contribution >= 0.6 is 0 Å². The molecular formula is C19H26FN5. The van der Waals surface area contributed by atoms with E-state index >= 15 is 0 Å². The molecule has 2 heterocycles. The van der Waals surface area contributed by atoms with Crippen LogP contribution in [0.2, 0.25) is 0 Å². The summed E-state index contributed by atoms with van der Waals surface area (Å²) in [4.78, 5) is 4.84. The minimum absolute atomic E-state index is 0.169. The molecule has 0 amide bonds. The molecule has 1 aliphatic carbocycles. The van der Waals surface area contributed by atoms with Gasteiger partial charge in [-0.3, -0.25) is 9.80 Å². The molecule has 0 N–H and O–H groups in total. The van der Waals surface area contributed by atoms with E-state index in [9.17, 15) is 4.39 Å². The topological polar surface area (TPSA) is 37.2 Å². The van der Waals surface area contributed by atoms with Gasteiger partial charge in [-0.1, -0.05) is 12.1 Å². The van der Waals surface area contributed by atoms with Gasteiger partial charge in [0, 0.05) is 38.6 Å². The SMILES string of the molecule is CN(Cc1nnc(C2CC2)n1C)C1CCN(Cc2ccc(F)cc2)C1. The Kier molecular flexibility index (Phi) is 4.56. The summed E-state index contributed by atoms with van der Waals surface area (Å²) in [7, 11) is 4.27. The minimum Gasteiger partial charge on any atom is -0.317 e. The van der Waals surface area contributed by atoms with E-state index < -0.39 is 0 Å². The van der Waals surface area contributed by atoms with Crippen LogP contribution in [-0.4, -0.2) is 50.7 Å². The first kappa shape index (κ1) is 16.7. The zero-order valence-electron chi connectivity index (χ0n) is 15.0. The van der Waals surface area contributed by atoms with Crippen molar-refractivity contribution in [2.75, 3.05) is 20.1 Å². The van der Waals surface area contributed by atoms with Gasteiger partial charge < -0.3 is 4.57 Å². The fourth-order valence-corrected chi connectivity index (χ4v) is 3.73. The number of halogens is 1. The van der Waals surface area contributed by atoms with Crippen molar-refractivity contribution >= 4 is 0 Å². The van der Waals surface area contributed by atoms with Crippen LogP contribution in [0.15, 0.2) is 24.3 Å². The predicted molar refractivity (Wildman–Crippen MR) is 94.5 cm³/mol. The van der Waals surface area contributed by atoms with Gasteiger partial charge in [-0.25, -0.2) is 4.39 Å². The van der Waals surface area contributed by atoms with Crippen molar-refractivity contribution in [3.05, 3.63) is 47.3 Å². The third-order valence-electron chi connectivity index (χ3n) is 5.52. The van der Waals surface area contributed by atoms with Crippen molar-refractivity contribution in [3.8, 4) is 0 Å². The van der Waals surface area contributed by atoms with Crippen molar-refractivity contribution in [1.82, 2.24) is 24.6 Å². The molecule has 2 aliphatic rings. The average molecular weight is 343 g/mol. The zero-order valence-corrected chi connectivity index (χ0v) is 15.0. The first-order valence-corrected chi connectivity index (χ1v) is 9.15. The summed E-state index contributed by atoms with van der Waals surface area (Å²) in [5.74, 6) is 2.67. The van der Waals surface area contributed by atoms with Gasteiger partial charge >= 0.3 is 0 Å². The second-order valence-electron chi connectivity index (χ2n) is 7.53. The molecule has 25 heavy (non-hydrogen) atoms. The summed E-state index contributed by atoms with van der Waals surface area (Å²) in [6, 6.07) is 7.37. The van der Waals surface area contributed by atoms with E-state index in [1.807, 2.05) is 12.1 Å². The Balaban J connectivity index is 1.32. The lowest BCUT2D eigenvalue weighted by Gasteiger charge is -2.24. The Hall–Kier alpha value is -1.79. The van der Waals surface area contributed by atoms with Gasteiger partial charge in [-0.05, 0) is 44.0 Å². The molecule has 1 saturated heterocycles. The summed E-state index contributed by atoms with van der Waals surface area (Å²) >= 11 is 0. The Labute approximate surface area is 148 Å². The Morgan fingerprint density at radius 3 is 2.64 bits per heavy atom. The van der Waals surface area contributed by atoms with Crippen LogP contribution < -0.4 is 0 Å². The number of likely N-dealkylation sites (N-methyl/N-ethyl adjacent to an activating group) is 1. The van der Waals surface area contributed by atoms with E-state index in [0.29, 0.717) is 12.0 Å². The molecule has 0 radical (unpaired) electrons. The first-order valence-electron chi connectivity index (χ1n) is 9.15. The zero-order chi connectivity index (χ0) is 17.4. The summed E-state index contributed by atoms with van der Waals surface area (Å²) in [5, 5.41) is 8.79. The molecule has 0 spiro atoms. The third kappa shape index (κ3) is 3.75. The van der Waals surface area contributed by atoms with Gasteiger partial charge in [0.2, 0.25) is 0 Å². The molecule has 6 heteroatoms. The molecule has 5 nitrogen and oxygen atoms in total. The molecule has 2 fully saturated rings. The number of nitrogens with zero attached hydrogens (tertiary/aromatic N) is 5. The van der Waals surface area contributed by atoms with E-state index in [1.165, 1.54) is 18.4 Å². The summed E-state index contributed by atoms with van der Waals surface area (Å²) in [6.45, 7) is 3.85. The van der Waals surface area contributed by atoms with E-state index in [2.05, 4.69) is 38.7 Å². The average Bonchev–Trinajstić information content (AvgIpc) is 3.23. The normalized spacial score (nSPS) is 21.4. The number of benzene rings is 1. The van der Waals surface area contributed by atoms with E-state index in [1.54, 1.807) is 12.1 Å². The highest BCUT2D eigenvalue weighted by molar-refractivity contribution is 5.16. The van der Waals surface area contributed by atoms with Crippen LogP contribution in [-0.2, 0) is 20.1 Å². The van der Waals surface area contributed by atoms with Crippen LogP contribution in [0.4, 0.5) is 4.39 Å². The molecule has 1 aliphatic heterocycles. The Morgan fingerprint density at radius 1 is 1.16 bits per heavy atom. The van der Waals surface area contributed by atoms with Crippen molar-refractivity contribution < 1.29 is 4.39 Å². The molecule has 2 aromatic rings. The number of aromatic nitrogens is 3. The van der Waals surface area contributed by atoms with Crippen LogP contribution in [0.5, 0.6) is 0 Å². The standard InChI is InChI=1S/C19H26FN5/c1-23(13-18-21-22-19(24(18)2)15-5-6-15)17-9-10-25(12-17)11-14-3-7-16(20)8-4-14/h3-4,7-8,15,17H,5-6,9-13H2,1-2H3. The lowest BCUT2D eigenvalue weighted by molar-refractivity contribution is 0.216. The highest BCUT2D eigenvalue weighted by Crippen LogP contribution is 2.38. The lowest BCUT2D eigenvalue weighted by Crippen LogP contribution is -2.34. The molecule has 1 aromatic carbocycles. The van der Waals surface area contributed by atoms with E-state index in [-0.39, 0.29) is 5.82 Å². The van der Waals surface area contributed by atoms with Crippen molar-refractivity contribution in [3.63, 3.8) is 0 Å². The number of likely N-dealkylation sites (tertiary alicyclic amines) is 1. The fraction of sp³-hybridized carbons (Fsp3) is 0.579. The van der Waals surface area contributed by atoms with Crippen LogP contribution in [0, 0.1) is 5.82 Å². The maximum atomic E-state index is 13.0. The molecular weight excluding hydrogens is 317 g/mol. The molecule has 4 rings (SSSR count). The Bertz CT molecular complexity index is 722. The van der Waals surface area contributed by atoms with Crippen LogP contribution in [0.25, 0.3) is 0 Å². The molecule has 1 aromatic heterocycles. The van der Waals surface area contributed by atoms with Crippen molar-refractivity contribution in [2.45, 2.75) is 44.3 Å². The maximum absolute atomic E-state index is 13.0. The number of rotatable bonds is 6. The highest BCUT2D eigenvalue weighted by atomic mass is 19.1. The summed E-state index contributed by atoms with van der Waals surface area (Å²) in [5.41, 5.74) is 1.17. The summed E-state index contributed by atoms with van der Waals surface area (Å²) < 4.78 is 15.2. The van der Waals surface area contributed by atoms with Crippen molar-refractivity contribution in [2.24, 2.45) is 7.05 Å². The third-order valence-corrected chi connectivity index (χ3v) is 5.52. The largest absolute Gasteiger partial charge is 0.317 e. The summed E-state index contributed by atoms with van der Waals surface area (Å²) in [6.07, 6.45) is 3.66. The van der Waals surface area contributed by atoms with Gasteiger partial charge in [0.15, 0.2) is 0 Å². The van der Waals surface area contributed by atoms with Gasteiger partial charge in [-0.2, -0.15) is 0 Å². The number of hydrogen-bond acceptors (Lipinski definition) is 4. The van der Waals surface area contributed by atoms with Gasteiger partial charge in [0.1, 0.15) is 17.5 Å². The second-order valence-corrected chi connectivity index (χ2v) is 7.53.